The lowest BCUT2D eigenvalue weighted by Gasteiger charge is -2.14. The van der Waals surface area contributed by atoms with E-state index >= 15 is 0 Å². The van der Waals surface area contributed by atoms with E-state index in [9.17, 15) is 4.79 Å². The summed E-state index contributed by atoms with van der Waals surface area (Å²) < 4.78 is 4.53. The van der Waals surface area contributed by atoms with Crippen molar-refractivity contribution in [2.24, 2.45) is 0 Å². The minimum atomic E-state index is -0.179. The first-order valence-electron chi connectivity index (χ1n) is 4.10. The van der Waals surface area contributed by atoms with Crippen LogP contribution in [0.3, 0.4) is 0 Å². The van der Waals surface area contributed by atoms with Crippen LogP contribution in [0.4, 0.5) is 0 Å². The van der Waals surface area contributed by atoms with E-state index in [1.54, 1.807) is 0 Å². The van der Waals surface area contributed by atoms with Gasteiger partial charge in [-0.1, -0.05) is 0 Å². The van der Waals surface area contributed by atoms with Crippen LogP contribution in [0.1, 0.15) is 6.42 Å². The first-order chi connectivity index (χ1) is 5.70. The lowest BCUT2D eigenvalue weighted by molar-refractivity contribution is -0.141. The topological polar surface area (TPSA) is 41.6 Å². The molecule has 0 unspecified atom stereocenters. The molecule has 0 saturated heterocycles. The molecule has 0 aliphatic rings. The fourth-order valence-corrected chi connectivity index (χ4v) is 0.890. The van der Waals surface area contributed by atoms with Crippen molar-refractivity contribution in [2.45, 2.75) is 6.42 Å². The molecule has 0 fully saturated rings. The molecule has 0 aromatic heterocycles. The van der Waals surface area contributed by atoms with Crippen LogP contribution < -0.4 is 5.32 Å². The summed E-state index contributed by atoms with van der Waals surface area (Å²) in [5.41, 5.74) is 0. The van der Waals surface area contributed by atoms with E-state index in [0.717, 1.165) is 19.5 Å². The summed E-state index contributed by atoms with van der Waals surface area (Å²) in [5.74, 6) is -0.179. The summed E-state index contributed by atoms with van der Waals surface area (Å²) >= 11 is 0. The Hall–Kier alpha value is -0.610. The molecule has 0 aromatic rings. The molecule has 0 amide bonds. The third-order valence-corrected chi connectivity index (χ3v) is 1.59. The number of likely N-dealkylation sites (N-methyl/N-ethyl adjacent to an activating group) is 1. The highest BCUT2D eigenvalue weighted by Gasteiger charge is 2.04. The van der Waals surface area contributed by atoms with Crippen molar-refractivity contribution < 1.29 is 9.53 Å². The predicted octanol–water partition coefficient (Wildman–Crippen LogP) is -0.299. The van der Waals surface area contributed by atoms with Crippen LogP contribution in [0.5, 0.6) is 0 Å². The number of rotatable bonds is 6. The van der Waals surface area contributed by atoms with Crippen molar-refractivity contribution in [3.63, 3.8) is 0 Å². The van der Waals surface area contributed by atoms with Gasteiger partial charge in [0.05, 0.1) is 13.7 Å². The van der Waals surface area contributed by atoms with Crippen molar-refractivity contribution >= 4 is 5.97 Å². The molecule has 0 rings (SSSR count). The van der Waals surface area contributed by atoms with E-state index in [-0.39, 0.29) is 5.97 Å². The van der Waals surface area contributed by atoms with Gasteiger partial charge in [-0.25, -0.2) is 0 Å². The average Bonchev–Trinajstić information content (AvgIpc) is 2.05. The molecule has 0 saturated carbocycles. The molecule has 72 valence electrons. The predicted molar refractivity (Wildman–Crippen MR) is 48.1 cm³/mol. The highest BCUT2D eigenvalue weighted by atomic mass is 16.5. The Morgan fingerprint density at radius 1 is 1.58 bits per heavy atom. The molecular formula is C8H18N2O2. The molecule has 0 heterocycles. The van der Waals surface area contributed by atoms with Gasteiger partial charge in [0.2, 0.25) is 0 Å². The molecule has 4 heteroatoms. The molecule has 12 heavy (non-hydrogen) atoms. The van der Waals surface area contributed by atoms with Crippen LogP contribution >= 0.6 is 0 Å². The Morgan fingerprint density at radius 3 is 2.75 bits per heavy atom. The maximum Gasteiger partial charge on any atom is 0.319 e. The van der Waals surface area contributed by atoms with Crippen molar-refractivity contribution in [2.75, 3.05) is 40.8 Å². The quantitative estimate of drug-likeness (QED) is 0.443. The van der Waals surface area contributed by atoms with Gasteiger partial charge in [0.25, 0.3) is 0 Å². The number of nitrogens with zero attached hydrogens (tertiary/aromatic N) is 1. The van der Waals surface area contributed by atoms with Gasteiger partial charge < -0.3 is 10.1 Å². The number of carbonyl (C=O) groups excluding carboxylic acids is 1. The molecular weight excluding hydrogens is 156 g/mol. The average molecular weight is 174 g/mol. The van der Waals surface area contributed by atoms with E-state index in [1.165, 1.54) is 7.11 Å². The molecule has 0 spiro atoms. The maximum absolute atomic E-state index is 10.8. The smallest absolute Gasteiger partial charge is 0.319 e. The second-order valence-corrected chi connectivity index (χ2v) is 2.77. The summed E-state index contributed by atoms with van der Waals surface area (Å²) in [7, 11) is 5.23. The SMILES string of the molecule is CNCCCN(C)CC(=O)OC. The number of ether oxygens (including phenoxy) is 1. The number of carbonyl (C=O) groups is 1. The molecule has 4 nitrogen and oxygen atoms in total. The Morgan fingerprint density at radius 2 is 2.25 bits per heavy atom. The Labute approximate surface area is 73.9 Å². The van der Waals surface area contributed by atoms with Crippen LogP contribution in [-0.2, 0) is 9.53 Å². The molecule has 0 bridgehead atoms. The Kier molecular flexibility index (Phi) is 6.70. The van der Waals surface area contributed by atoms with Gasteiger partial charge in [-0.15, -0.1) is 0 Å². The van der Waals surface area contributed by atoms with E-state index in [2.05, 4.69) is 10.1 Å². The second kappa shape index (κ2) is 7.06. The van der Waals surface area contributed by atoms with E-state index in [0.29, 0.717) is 6.54 Å². The van der Waals surface area contributed by atoms with Gasteiger partial charge in [-0.05, 0) is 33.6 Å². The lowest BCUT2D eigenvalue weighted by atomic mass is 10.4. The normalized spacial score (nSPS) is 10.3. The third kappa shape index (κ3) is 6.12. The molecule has 0 aromatic carbocycles. The van der Waals surface area contributed by atoms with Crippen LogP contribution in [0.2, 0.25) is 0 Å². The number of nitrogens with one attached hydrogen (secondary N) is 1. The summed E-state index contributed by atoms with van der Waals surface area (Å²) in [4.78, 5) is 12.7. The summed E-state index contributed by atoms with van der Waals surface area (Å²) in [5, 5.41) is 3.05. The van der Waals surface area contributed by atoms with Gasteiger partial charge in [0.1, 0.15) is 0 Å². The minimum absolute atomic E-state index is 0.179. The monoisotopic (exact) mass is 174 g/mol. The minimum Gasteiger partial charge on any atom is -0.468 e. The van der Waals surface area contributed by atoms with Gasteiger partial charge in [0.15, 0.2) is 0 Å². The second-order valence-electron chi connectivity index (χ2n) is 2.77. The van der Waals surface area contributed by atoms with Gasteiger partial charge in [-0.3, -0.25) is 9.69 Å². The first-order valence-corrected chi connectivity index (χ1v) is 4.10. The van der Waals surface area contributed by atoms with Crippen LogP contribution in [-0.4, -0.2) is 51.7 Å². The van der Waals surface area contributed by atoms with Gasteiger partial charge in [-0.2, -0.15) is 0 Å². The van der Waals surface area contributed by atoms with Gasteiger partial charge in [0, 0.05) is 0 Å². The zero-order chi connectivity index (χ0) is 9.40. The number of hydrogen-bond donors (Lipinski definition) is 1. The Balaban J connectivity index is 3.32. The molecule has 0 radical (unpaired) electrons. The van der Waals surface area contributed by atoms with E-state index < -0.39 is 0 Å². The molecule has 0 atom stereocenters. The standard InChI is InChI=1S/C8H18N2O2/c1-9-5-4-6-10(2)7-8(11)12-3/h9H,4-7H2,1-3H3. The third-order valence-electron chi connectivity index (χ3n) is 1.59. The zero-order valence-corrected chi connectivity index (χ0v) is 8.09. The van der Waals surface area contributed by atoms with Crippen molar-refractivity contribution in [3.8, 4) is 0 Å². The van der Waals surface area contributed by atoms with Crippen LogP contribution in [0.15, 0.2) is 0 Å². The number of methoxy groups -OCH3 is 1. The summed E-state index contributed by atoms with van der Waals surface area (Å²) in [6.07, 6.45) is 1.05. The maximum atomic E-state index is 10.8. The number of hydrogen-bond acceptors (Lipinski definition) is 4. The Bertz CT molecular complexity index is 128. The van der Waals surface area contributed by atoms with E-state index in [1.807, 2.05) is 19.0 Å². The highest BCUT2D eigenvalue weighted by Crippen LogP contribution is 1.87. The van der Waals surface area contributed by atoms with Crippen LogP contribution in [0, 0.1) is 0 Å². The number of esters is 1. The zero-order valence-electron chi connectivity index (χ0n) is 8.09. The molecule has 1 N–H and O–H groups in total. The van der Waals surface area contributed by atoms with Crippen molar-refractivity contribution in [3.05, 3.63) is 0 Å². The lowest BCUT2D eigenvalue weighted by Crippen LogP contribution is -2.29. The molecule has 0 aliphatic carbocycles. The largest absolute Gasteiger partial charge is 0.468 e. The van der Waals surface area contributed by atoms with Crippen molar-refractivity contribution in [1.29, 1.82) is 0 Å². The van der Waals surface area contributed by atoms with Crippen molar-refractivity contribution in [1.82, 2.24) is 10.2 Å². The van der Waals surface area contributed by atoms with E-state index in [4.69, 9.17) is 0 Å². The fraction of sp³-hybridized carbons (Fsp3) is 0.875. The summed E-state index contributed by atoms with van der Waals surface area (Å²) in [6.45, 7) is 2.27. The molecule has 0 aliphatic heterocycles. The fourth-order valence-electron chi connectivity index (χ4n) is 0.890. The first kappa shape index (κ1) is 11.4. The summed E-state index contributed by atoms with van der Waals surface area (Å²) in [6, 6.07) is 0. The van der Waals surface area contributed by atoms with Crippen LogP contribution in [0.25, 0.3) is 0 Å². The van der Waals surface area contributed by atoms with Gasteiger partial charge >= 0.3 is 5.97 Å². The highest BCUT2D eigenvalue weighted by molar-refractivity contribution is 5.71.